The molecule has 5 nitrogen and oxygen atoms in total. The zero-order chi connectivity index (χ0) is 18.2. The molecule has 132 valence electrons. The molecule has 0 aliphatic rings. The van der Waals surface area contributed by atoms with Gasteiger partial charge in [0.15, 0.2) is 6.61 Å². The summed E-state index contributed by atoms with van der Waals surface area (Å²) in [5, 5.41) is 3.34. The first kappa shape index (κ1) is 19.1. The van der Waals surface area contributed by atoms with Gasteiger partial charge in [-0.2, -0.15) is 0 Å². The van der Waals surface area contributed by atoms with E-state index < -0.39 is 18.5 Å². The Morgan fingerprint density at radius 3 is 2.32 bits per heavy atom. The number of benzene rings is 2. The van der Waals surface area contributed by atoms with Crippen LogP contribution in [0.5, 0.6) is 5.75 Å². The molecule has 2 aromatic rings. The zero-order valence-corrected chi connectivity index (χ0v) is 15.1. The molecule has 1 N–H and O–H groups in total. The molecule has 0 atom stereocenters. The Bertz CT molecular complexity index is 727. The topological polar surface area (TPSA) is 64.6 Å². The Hall–Kier alpha value is -2.24. The van der Waals surface area contributed by atoms with Gasteiger partial charge in [0.2, 0.25) is 0 Å². The molecular weight excluding hydrogens is 365 g/mol. The number of ether oxygens (including phenoxy) is 2. The Morgan fingerprint density at radius 2 is 1.68 bits per heavy atom. The summed E-state index contributed by atoms with van der Waals surface area (Å²) in [6.07, 6.45) is 0.0458. The largest absolute Gasteiger partial charge is 0.493 e. The highest BCUT2D eigenvalue weighted by molar-refractivity contribution is 6.35. The summed E-state index contributed by atoms with van der Waals surface area (Å²) in [5.74, 6) is -0.327. The molecule has 0 radical (unpaired) electrons. The molecule has 0 aliphatic heterocycles. The third-order valence-electron chi connectivity index (χ3n) is 3.11. The molecule has 25 heavy (non-hydrogen) atoms. The van der Waals surface area contributed by atoms with E-state index in [1.54, 1.807) is 18.2 Å². The van der Waals surface area contributed by atoms with E-state index in [1.165, 1.54) is 0 Å². The van der Waals surface area contributed by atoms with Gasteiger partial charge in [-0.25, -0.2) is 0 Å². The van der Waals surface area contributed by atoms with Crippen molar-refractivity contribution in [3.8, 4) is 5.75 Å². The molecule has 2 rings (SSSR count). The quantitative estimate of drug-likeness (QED) is 0.727. The van der Waals surface area contributed by atoms with E-state index in [0.717, 1.165) is 5.56 Å². The van der Waals surface area contributed by atoms with Crippen LogP contribution in [0.4, 0.5) is 5.69 Å². The minimum atomic E-state index is -0.522. The van der Waals surface area contributed by atoms with Crippen molar-refractivity contribution < 1.29 is 19.1 Å². The molecule has 0 aliphatic carbocycles. The van der Waals surface area contributed by atoms with E-state index in [0.29, 0.717) is 21.5 Å². The molecule has 1 amide bonds. The third kappa shape index (κ3) is 7.03. The van der Waals surface area contributed by atoms with Gasteiger partial charge in [-0.1, -0.05) is 40.9 Å². The van der Waals surface area contributed by atoms with Crippen molar-refractivity contribution in [2.75, 3.05) is 18.5 Å². The Kier molecular flexibility index (Phi) is 7.10. The predicted molar refractivity (Wildman–Crippen MR) is 97.3 cm³/mol. The molecule has 7 heteroatoms. The van der Waals surface area contributed by atoms with Crippen LogP contribution in [0.2, 0.25) is 10.0 Å². The number of esters is 1. The lowest BCUT2D eigenvalue weighted by atomic mass is 10.2. The molecule has 0 heterocycles. The van der Waals surface area contributed by atoms with Crippen LogP contribution in [0.1, 0.15) is 12.0 Å². The number of anilines is 1. The fraction of sp³-hybridized carbons (Fsp3) is 0.222. The number of carbonyl (C=O) groups excluding carboxylic acids is 2. The van der Waals surface area contributed by atoms with E-state index in [4.69, 9.17) is 32.7 Å². The first-order valence-electron chi connectivity index (χ1n) is 7.53. The Balaban J connectivity index is 1.68. The lowest BCUT2D eigenvalue weighted by molar-refractivity contribution is -0.147. The predicted octanol–water partition coefficient (Wildman–Crippen LogP) is 4.25. The standard InChI is InChI=1S/C18H17Cl2NO4/c1-12-2-4-16(5-3-12)24-7-6-18(23)25-11-17(22)21-15-9-13(19)8-14(20)10-15/h2-5,8-10H,6-7,11H2,1H3,(H,21,22). The zero-order valence-electron chi connectivity index (χ0n) is 13.6. The number of aryl methyl sites for hydroxylation is 1. The minimum absolute atomic E-state index is 0.0458. The normalized spacial score (nSPS) is 10.2. The highest BCUT2D eigenvalue weighted by Gasteiger charge is 2.09. The lowest BCUT2D eigenvalue weighted by Crippen LogP contribution is -2.21. The maximum absolute atomic E-state index is 11.8. The van der Waals surface area contributed by atoms with Gasteiger partial charge in [-0.15, -0.1) is 0 Å². The van der Waals surface area contributed by atoms with Crippen LogP contribution in [0.15, 0.2) is 42.5 Å². The molecule has 2 aromatic carbocycles. The van der Waals surface area contributed by atoms with Crippen LogP contribution in [0.25, 0.3) is 0 Å². The van der Waals surface area contributed by atoms with Gasteiger partial charge < -0.3 is 14.8 Å². The molecule has 0 saturated carbocycles. The molecular formula is C18H17Cl2NO4. The number of nitrogens with one attached hydrogen (secondary N) is 1. The molecule has 0 saturated heterocycles. The smallest absolute Gasteiger partial charge is 0.309 e. The second-order valence-corrected chi connectivity index (χ2v) is 6.15. The Morgan fingerprint density at radius 1 is 1.04 bits per heavy atom. The van der Waals surface area contributed by atoms with Gasteiger partial charge in [0.25, 0.3) is 5.91 Å². The Labute approximate surface area is 155 Å². The second kappa shape index (κ2) is 9.30. The van der Waals surface area contributed by atoms with Crippen LogP contribution < -0.4 is 10.1 Å². The minimum Gasteiger partial charge on any atom is -0.493 e. The van der Waals surface area contributed by atoms with Crippen molar-refractivity contribution in [2.45, 2.75) is 13.3 Å². The number of carbonyl (C=O) groups is 2. The van der Waals surface area contributed by atoms with Gasteiger partial charge in [0.05, 0.1) is 13.0 Å². The van der Waals surface area contributed by atoms with E-state index >= 15 is 0 Å². The molecule has 0 aromatic heterocycles. The van der Waals surface area contributed by atoms with Crippen molar-refractivity contribution in [3.05, 3.63) is 58.1 Å². The highest BCUT2D eigenvalue weighted by atomic mass is 35.5. The van der Waals surface area contributed by atoms with Gasteiger partial charge >= 0.3 is 5.97 Å². The van der Waals surface area contributed by atoms with Crippen molar-refractivity contribution in [1.29, 1.82) is 0 Å². The molecule has 0 spiro atoms. The van der Waals surface area contributed by atoms with Gasteiger partial charge in [0, 0.05) is 15.7 Å². The second-order valence-electron chi connectivity index (χ2n) is 5.28. The summed E-state index contributed by atoms with van der Waals surface area (Å²) >= 11 is 11.7. The average molecular weight is 382 g/mol. The van der Waals surface area contributed by atoms with Crippen molar-refractivity contribution in [1.82, 2.24) is 0 Å². The summed E-state index contributed by atoms with van der Waals surface area (Å²) < 4.78 is 10.3. The van der Waals surface area contributed by atoms with Crippen molar-refractivity contribution in [3.63, 3.8) is 0 Å². The summed E-state index contributed by atoms with van der Waals surface area (Å²) in [6.45, 7) is 1.75. The third-order valence-corrected chi connectivity index (χ3v) is 3.54. The van der Waals surface area contributed by atoms with E-state index in [-0.39, 0.29) is 13.0 Å². The van der Waals surface area contributed by atoms with E-state index in [1.807, 2.05) is 31.2 Å². The van der Waals surface area contributed by atoms with Crippen LogP contribution in [-0.2, 0) is 14.3 Å². The lowest BCUT2D eigenvalue weighted by Gasteiger charge is -2.08. The SMILES string of the molecule is Cc1ccc(OCCC(=O)OCC(=O)Nc2cc(Cl)cc(Cl)c2)cc1. The summed E-state index contributed by atoms with van der Waals surface area (Å²) in [5.41, 5.74) is 1.56. The number of hydrogen-bond donors (Lipinski definition) is 1. The summed E-state index contributed by atoms with van der Waals surface area (Å²) in [7, 11) is 0. The number of rotatable bonds is 7. The molecule has 0 fully saturated rings. The van der Waals surface area contributed by atoms with Crippen LogP contribution in [-0.4, -0.2) is 25.1 Å². The highest BCUT2D eigenvalue weighted by Crippen LogP contribution is 2.22. The number of hydrogen-bond acceptors (Lipinski definition) is 4. The van der Waals surface area contributed by atoms with Crippen LogP contribution in [0.3, 0.4) is 0 Å². The van der Waals surface area contributed by atoms with Crippen LogP contribution in [0, 0.1) is 6.92 Å². The van der Waals surface area contributed by atoms with Gasteiger partial charge in [-0.3, -0.25) is 9.59 Å². The monoisotopic (exact) mass is 381 g/mol. The van der Waals surface area contributed by atoms with Gasteiger partial charge in [-0.05, 0) is 37.3 Å². The van der Waals surface area contributed by atoms with Crippen LogP contribution >= 0.6 is 23.2 Å². The molecule has 0 bridgehead atoms. The number of halogens is 2. The fourth-order valence-electron chi connectivity index (χ4n) is 1.93. The summed E-state index contributed by atoms with van der Waals surface area (Å²) in [6, 6.07) is 12.1. The van der Waals surface area contributed by atoms with E-state index in [9.17, 15) is 9.59 Å². The maximum atomic E-state index is 11.8. The fourth-order valence-corrected chi connectivity index (χ4v) is 2.45. The number of amides is 1. The first-order valence-corrected chi connectivity index (χ1v) is 8.29. The van der Waals surface area contributed by atoms with E-state index in [2.05, 4.69) is 5.32 Å². The summed E-state index contributed by atoms with van der Waals surface area (Å²) in [4.78, 5) is 23.4. The van der Waals surface area contributed by atoms with Crippen molar-refractivity contribution in [2.24, 2.45) is 0 Å². The average Bonchev–Trinajstić information content (AvgIpc) is 2.54. The van der Waals surface area contributed by atoms with Gasteiger partial charge in [0.1, 0.15) is 5.75 Å². The first-order chi connectivity index (χ1) is 11.9. The molecule has 0 unspecified atom stereocenters. The van der Waals surface area contributed by atoms with Crippen molar-refractivity contribution >= 4 is 40.8 Å². The maximum Gasteiger partial charge on any atom is 0.309 e.